The van der Waals surface area contributed by atoms with Crippen molar-refractivity contribution in [3.05, 3.63) is 41.6 Å². The molecule has 2 rings (SSSR count). The molecule has 0 amide bonds. The van der Waals surface area contributed by atoms with Gasteiger partial charge in [-0.1, -0.05) is 29.8 Å². The number of carboxylic acids is 1. The summed E-state index contributed by atoms with van der Waals surface area (Å²) < 4.78 is 5.21. The molecule has 0 radical (unpaired) electrons. The van der Waals surface area contributed by atoms with Crippen LogP contribution >= 0.6 is 11.6 Å². The van der Waals surface area contributed by atoms with Crippen LogP contribution in [0.4, 0.5) is 11.5 Å². The molecule has 110 valence electrons. The van der Waals surface area contributed by atoms with Gasteiger partial charge in [0.1, 0.15) is 17.6 Å². The lowest BCUT2D eigenvalue weighted by atomic mass is 10.3. The molecule has 0 atom stereocenters. The van der Waals surface area contributed by atoms with Gasteiger partial charge in [0, 0.05) is 18.8 Å². The van der Waals surface area contributed by atoms with E-state index in [0.717, 1.165) is 5.69 Å². The van der Waals surface area contributed by atoms with Crippen LogP contribution in [0, 0.1) is 0 Å². The lowest BCUT2D eigenvalue weighted by molar-refractivity contribution is -0.137. The molecule has 0 saturated heterocycles. The number of anilines is 2. The van der Waals surface area contributed by atoms with Gasteiger partial charge in [0.2, 0.25) is 0 Å². The molecule has 0 aliphatic heterocycles. The van der Waals surface area contributed by atoms with Crippen molar-refractivity contribution in [1.82, 2.24) is 9.97 Å². The first-order valence-corrected chi connectivity index (χ1v) is 6.62. The first-order chi connectivity index (χ1) is 10.1. The number of halogens is 1. The number of carbonyl (C=O) groups is 1. The van der Waals surface area contributed by atoms with Crippen LogP contribution in [0.25, 0.3) is 0 Å². The Hall–Kier alpha value is -2.34. The minimum atomic E-state index is -0.946. The van der Waals surface area contributed by atoms with Crippen LogP contribution in [-0.2, 0) is 4.79 Å². The molecule has 21 heavy (non-hydrogen) atoms. The number of benzene rings is 1. The molecule has 1 aromatic heterocycles. The molecule has 0 saturated carbocycles. The predicted octanol–water partition coefficient (Wildman–Crippen LogP) is 2.75. The first kappa shape index (κ1) is 15.1. The molecule has 6 nitrogen and oxygen atoms in total. The zero-order chi connectivity index (χ0) is 15.2. The van der Waals surface area contributed by atoms with Crippen LogP contribution in [-0.4, -0.2) is 34.7 Å². The summed E-state index contributed by atoms with van der Waals surface area (Å²) in [5.41, 5.74) is 0.934. The van der Waals surface area contributed by atoms with E-state index < -0.39 is 5.97 Å². The van der Waals surface area contributed by atoms with E-state index in [1.54, 1.807) is 6.07 Å². The summed E-state index contributed by atoms with van der Waals surface area (Å²) in [7, 11) is 1.84. The average molecular weight is 308 g/mol. The third-order valence-corrected chi connectivity index (χ3v) is 2.89. The van der Waals surface area contributed by atoms with E-state index in [4.69, 9.17) is 21.4 Å². The van der Waals surface area contributed by atoms with Gasteiger partial charge in [-0.15, -0.1) is 0 Å². The Labute approximate surface area is 127 Å². The highest BCUT2D eigenvalue weighted by molar-refractivity contribution is 6.29. The number of rotatable bonds is 6. The Morgan fingerprint density at radius 1 is 1.33 bits per heavy atom. The second-order valence-corrected chi connectivity index (χ2v) is 4.61. The van der Waals surface area contributed by atoms with Crippen molar-refractivity contribution in [3.8, 4) is 6.01 Å². The largest absolute Gasteiger partial charge is 0.481 e. The lowest BCUT2D eigenvalue weighted by Crippen LogP contribution is -2.13. The van der Waals surface area contributed by atoms with Crippen LogP contribution in [0.15, 0.2) is 36.4 Å². The van der Waals surface area contributed by atoms with Crippen LogP contribution in [0.2, 0.25) is 5.15 Å². The van der Waals surface area contributed by atoms with E-state index in [9.17, 15) is 4.79 Å². The van der Waals surface area contributed by atoms with Gasteiger partial charge in [-0.3, -0.25) is 4.79 Å². The second kappa shape index (κ2) is 6.90. The number of hydrogen-bond acceptors (Lipinski definition) is 5. The quantitative estimate of drug-likeness (QED) is 0.827. The number of para-hydroxylation sites is 1. The molecular formula is C14H14ClN3O3. The SMILES string of the molecule is CN(c1ccccc1)c1cc(Cl)nc(OCCC(=O)O)n1. The molecular weight excluding hydrogens is 294 g/mol. The maximum atomic E-state index is 10.5. The summed E-state index contributed by atoms with van der Waals surface area (Å²) in [6, 6.07) is 11.3. The Balaban J connectivity index is 2.16. The number of aliphatic carboxylic acids is 1. The monoisotopic (exact) mass is 307 g/mol. The smallest absolute Gasteiger partial charge is 0.319 e. The van der Waals surface area contributed by atoms with Crippen LogP contribution in [0.3, 0.4) is 0 Å². The predicted molar refractivity (Wildman–Crippen MR) is 79.3 cm³/mol. The van der Waals surface area contributed by atoms with Crippen molar-refractivity contribution in [1.29, 1.82) is 0 Å². The van der Waals surface area contributed by atoms with Crippen molar-refractivity contribution < 1.29 is 14.6 Å². The minimum absolute atomic E-state index is 0.00976. The fourth-order valence-electron chi connectivity index (χ4n) is 1.64. The molecule has 0 fully saturated rings. The number of hydrogen-bond donors (Lipinski definition) is 1. The molecule has 2 aromatic rings. The fourth-order valence-corrected chi connectivity index (χ4v) is 1.81. The molecule has 0 aliphatic rings. The molecule has 1 N–H and O–H groups in total. The molecule has 0 aliphatic carbocycles. The van der Waals surface area contributed by atoms with Gasteiger partial charge >= 0.3 is 12.0 Å². The Morgan fingerprint density at radius 2 is 2.05 bits per heavy atom. The summed E-state index contributed by atoms with van der Waals surface area (Å²) in [6.07, 6.45) is -0.125. The number of aromatic nitrogens is 2. The van der Waals surface area contributed by atoms with E-state index in [1.165, 1.54) is 0 Å². The van der Waals surface area contributed by atoms with Crippen molar-refractivity contribution in [2.75, 3.05) is 18.6 Å². The van der Waals surface area contributed by atoms with Crippen molar-refractivity contribution in [3.63, 3.8) is 0 Å². The van der Waals surface area contributed by atoms with E-state index in [2.05, 4.69) is 9.97 Å². The van der Waals surface area contributed by atoms with Gasteiger partial charge in [0.15, 0.2) is 0 Å². The maximum Gasteiger partial charge on any atom is 0.319 e. The lowest BCUT2D eigenvalue weighted by Gasteiger charge is -2.18. The highest BCUT2D eigenvalue weighted by atomic mass is 35.5. The first-order valence-electron chi connectivity index (χ1n) is 6.24. The van der Waals surface area contributed by atoms with Gasteiger partial charge in [-0.25, -0.2) is 0 Å². The maximum absolute atomic E-state index is 10.5. The van der Waals surface area contributed by atoms with Gasteiger partial charge in [-0.05, 0) is 12.1 Å². The standard InChI is InChI=1S/C14H14ClN3O3/c1-18(10-5-3-2-4-6-10)12-9-11(15)16-14(17-12)21-8-7-13(19)20/h2-6,9H,7-8H2,1H3,(H,19,20). The summed E-state index contributed by atoms with van der Waals surface area (Å²) in [4.78, 5) is 20.4. The number of carboxylic acid groups (broad SMARTS) is 1. The summed E-state index contributed by atoms with van der Waals surface area (Å²) in [6.45, 7) is -0.00976. The topological polar surface area (TPSA) is 75.6 Å². The summed E-state index contributed by atoms with van der Waals surface area (Å²) in [5, 5.41) is 8.81. The van der Waals surface area contributed by atoms with E-state index >= 15 is 0 Å². The molecule has 0 spiro atoms. The molecule has 1 aromatic carbocycles. The van der Waals surface area contributed by atoms with Gasteiger partial charge in [-0.2, -0.15) is 9.97 Å². The average Bonchev–Trinajstić information content (AvgIpc) is 2.46. The highest BCUT2D eigenvalue weighted by Gasteiger charge is 2.10. The van der Waals surface area contributed by atoms with Crippen LogP contribution in [0.5, 0.6) is 6.01 Å². The number of ether oxygens (including phenoxy) is 1. The number of nitrogens with zero attached hydrogens (tertiary/aromatic N) is 3. The van der Waals surface area contributed by atoms with E-state index in [0.29, 0.717) is 5.82 Å². The summed E-state index contributed by atoms with van der Waals surface area (Å²) >= 11 is 5.95. The van der Waals surface area contributed by atoms with E-state index in [-0.39, 0.29) is 24.2 Å². The van der Waals surface area contributed by atoms with Crippen LogP contribution < -0.4 is 9.64 Å². The molecule has 7 heteroatoms. The van der Waals surface area contributed by atoms with Crippen molar-refractivity contribution >= 4 is 29.1 Å². The van der Waals surface area contributed by atoms with Gasteiger partial charge < -0.3 is 14.7 Å². The zero-order valence-electron chi connectivity index (χ0n) is 11.4. The second-order valence-electron chi connectivity index (χ2n) is 4.22. The highest BCUT2D eigenvalue weighted by Crippen LogP contribution is 2.25. The Bertz CT molecular complexity index is 622. The normalized spacial score (nSPS) is 10.2. The summed E-state index contributed by atoms with van der Waals surface area (Å²) in [5.74, 6) is -0.384. The van der Waals surface area contributed by atoms with E-state index in [1.807, 2.05) is 42.3 Å². The third-order valence-electron chi connectivity index (χ3n) is 2.70. The molecule has 0 unspecified atom stereocenters. The zero-order valence-corrected chi connectivity index (χ0v) is 12.1. The van der Waals surface area contributed by atoms with Crippen LogP contribution in [0.1, 0.15) is 6.42 Å². The molecule has 1 heterocycles. The minimum Gasteiger partial charge on any atom is -0.481 e. The third kappa shape index (κ3) is 4.32. The molecule has 0 bridgehead atoms. The fraction of sp³-hybridized carbons (Fsp3) is 0.214. The van der Waals surface area contributed by atoms with Gasteiger partial charge in [0.25, 0.3) is 0 Å². The van der Waals surface area contributed by atoms with Crippen molar-refractivity contribution in [2.24, 2.45) is 0 Å². The Kier molecular flexibility index (Phi) is 4.94. The van der Waals surface area contributed by atoms with Crippen molar-refractivity contribution in [2.45, 2.75) is 6.42 Å². The van der Waals surface area contributed by atoms with Gasteiger partial charge in [0.05, 0.1) is 6.42 Å². The Morgan fingerprint density at radius 3 is 2.71 bits per heavy atom.